The van der Waals surface area contributed by atoms with Crippen LogP contribution in [-0.2, 0) is 16.0 Å². The highest BCUT2D eigenvalue weighted by Gasteiger charge is 2.22. The van der Waals surface area contributed by atoms with Crippen LogP contribution in [0.25, 0.3) is 0 Å². The molecule has 0 radical (unpaired) electrons. The summed E-state index contributed by atoms with van der Waals surface area (Å²) in [5.41, 5.74) is 2.68. The van der Waals surface area contributed by atoms with Crippen molar-refractivity contribution < 1.29 is 9.47 Å². The molecule has 1 atom stereocenters. The Bertz CT molecular complexity index is 571. The highest BCUT2D eigenvalue weighted by molar-refractivity contribution is 5.48. The molecule has 0 spiro atoms. The molecule has 2 rings (SSSR count). The van der Waals surface area contributed by atoms with Crippen LogP contribution in [-0.4, -0.2) is 70.1 Å². The summed E-state index contributed by atoms with van der Waals surface area (Å²) in [5, 5.41) is 3.47. The second-order valence-electron chi connectivity index (χ2n) is 9.48. The number of rotatable bonds is 17. The van der Waals surface area contributed by atoms with Crippen LogP contribution in [0.5, 0.6) is 0 Å². The third-order valence-electron chi connectivity index (χ3n) is 6.42. The van der Waals surface area contributed by atoms with Crippen LogP contribution in [0, 0.1) is 5.92 Å². The molecule has 5 nitrogen and oxygen atoms in total. The van der Waals surface area contributed by atoms with Gasteiger partial charge in [-0.1, -0.05) is 46.2 Å². The molecule has 1 aliphatic heterocycles. The summed E-state index contributed by atoms with van der Waals surface area (Å²) >= 11 is 0. The molecule has 0 aromatic heterocycles. The first-order chi connectivity index (χ1) is 15.6. The van der Waals surface area contributed by atoms with Crippen LogP contribution >= 0.6 is 0 Å². The summed E-state index contributed by atoms with van der Waals surface area (Å²) in [6.07, 6.45) is 6.27. The lowest BCUT2D eigenvalue weighted by Crippen LogP contribution is -2.50. The fourth-order valence-electron chi connectivity index (χ4n) is 4.44. The predicted octanol–water partition coefficient (Wildman–Crippen LogP) is 4.95. The molecule has 1 N–H and O–H groups in total. The summed E-state index contributed by atoms with van der Waals surface area (Å²) in [4.78, 5) is 5.23. The molecule has 1 saturated heterocycles. The van der Waals surface area contributed by atoms with E-state index >= 15 is 0 Å². The number of benzene rings is 1. The molecular formula is C27H49N3O2. The van der Waals surface area contributed by atoms with Gasteiger partial charge in [-0.05, 0) is 49.3 Å². The molecular weight excluding hydrogens is 398 g/mol. The zero-order chi connectivity index (χ0) is 23.0. The van der Waals surface area contributed by atoms with Crippen LogP contribution in [0.2, 0.25) is 0 Å². The van der Waals surface area contributed by atoms with Gasteiger partial charge in [0.05, 0.1) is 19.8 Å². The van der Waals surface area contributed by atoms with Crippen molar-refractivity contribution >= 4 is 5.69 Å². The van der Waals surface area contributed by atoms with Gasteiger partial charge in [-0.25, -0.2) is 0 Å². The molecule has 5 heteroatoms. The first-order valence-corrected chi connectivity index (χ1v) is 13.1. The van der Waals surface area contributed by atoms with E-state index in [-0.39, 0.29) is 0 Å². The fourth-order valence-corrected chi connectivity index (χ4v) is 4.44. The molecule has 1 unspecified atom stereocenters. The van der Waals surface area contributed by atoms with Gasteiger partial charge in [0.1, 0.15) is 0 Å². The van der Waals surface area contributed by atoms with Gasteiger partial charge in [-0.2, -0.15) is 0 Å². The van der Waals surface area contributed by atoms with E-state index in [1.165, 1.54) is 50.0 Å². The minimum absolute atomic E-state index is 0.683. The van der Waals surface area contributed by atoms with Crippen molar-refractivity contribution in [2.24, 2.45) is 5.92 Å². The van der Waals surface area contributed by atoms with Gasteiger partial charge in [0.15, 0.2) is 0 Å². The number of piperazine rings is 1. The third-order valence-corrected chi connectivity index (χ3v) is 6.42. The maximum Gasteiger partial charge on any atom is 0.0701 e. The third kappa shape index (κ3) is 10.7. The number of hydrogen-bond donors (Lipinski definition) is 1. The van der Waals surface area contributed by atoms with E-state index in [1.807, 2.05) is 0 Å². The topological polar surface area (TPSA) is 37.0 Å². The standard InChI is InChI=1S/C27H49N3O2/c1-5-8-26(6-2)29-15-17-30(18-16-29)27-12-10-25(11-13-27)23-28-14-20-32-22-21-31-19-7-9-24(3)4/h10-13,24,26,28H,5-9,14-23H2,1-4H3. The normalized spacial score (nSPS) is 16.1. The average molecular weight is 448 g/mol. The number of ether oxygens (including phenoxy) is 2. The van der Waals surface area contributed by atoms with Crippen molar-refractivity contribution in [2.45, 2.75) is 72.4 Å². The lowest BCUT2D eigenvalue weighted by molar-refractivity contribution is 0.0466. The second-order valence-corrected chi connectivity index (χ2v) is 9.48. The Morgan fingerprint density at radius 2 is 1.56 bits per heavy atom. The van der Waals surface area contributed by atoms with Gasteiger partial charge < -0.3 is 19.7 Å². The van der Waals surface area contributed by atoms with E-state index < -0.39 is 0 Å². The van der Waals surface area contributed by atoms with Gasteiger partial charge in [0.25, 0.3) is 0 Å². The van der Waals surface area contributed by atoms with E-state index in [0.29, 0.717) is 13.2 Å². The van der Waals surface area contributed by atoms with Crippen LogP contribution < -0.4 is 10.2 Å². The molecule has 1 aliphatic rings. The number of nitrogens with zero attached hydrogens (tertiary/aromatic N) is 2. The smallest absolute Gasteiger partial charge is 0.0701 e. The molecule has 0 saturated carbocycles. The summed E-state index contributed by atoms with van der Waals surface area (Å²) in [5.74, 6) is 0.761. The van der Waals surface area contributed by atoms with Crippen LogP contribution in [0.15, 0.2) is 24.3 Å². The summed E-state index contributed by atoms with van der Waals surface area (Å²) < 4.78 is 11.3. The van der Waals surface area contributed by atoms with E-state index in [2.05, 4.69) is 67.1 Å². The molecule has 1 aromatic rings. The van der Waals surface area contributed by atoms with Gasteiger partial charge in [-0.3, -0.25) is 4.90 Å². The maximum atomic E-state index is 5.65. The Morgan fingerprint density at radius 1 is 0.875 bits per heavy atom. The summed E-state index contributed by atoms with van der Waals surface area (Å²) in [6, 6.07) is 9.84. The van der Waals surface area contributed by atoms with Gasteiger partial charge in [0.2, 0.25) is 0 Å². The average Bonchev–Trinajstić information content (AvgIpc) is 2.81. The Kier molecular flexibility index (Phi) is 14.0. The van der Waals surface area contributed by atoms with Gasteiger partial charge in [0, 0.05) is 57.6 Å². The van der Waals surface area contributed by atoms with Crippen molar-refractivity contribution in [3.05, 3.63) is 29.8 Å². The molecule has 1 heterocycles. The minimum Gasteiger partial charge on any atom is -0.379 e. The van der Waals surface area contributed by atoms with E-state index in [0.717, 1.165) is 57.8 Å². The monoisotopic (exact) mass is 447 g/mol. The van der Waals surface area contributed by atoms with Crippen molar-refractivity contribution in [1.29, 1.82) is 0 Å². The van der Waals surface area contributed by atoms with Crippen LogP contribution in [0.1, 0.15) is 65.4 Å². The fraction of sp³-hybridized carbons (Fsp3) is 0.778. The Hall–Kier alpha value is -1.14. The first kappa shape index (κ1) is 27.1. The Labute approximate surface area is 197 Å². The molecule has 32 heavy (non-hydrogen) atoms. The molecule has 184 valence electrons. The first-order valence-electron chi connectivity index (χ1n) is 13.1. The van der Waals surface area contributed by atoms with E-state index in [9.17, 15) is 0 Å². The molecule has 1 fully saturated rings. The zero-order valence-electron chi connectivity index (χ0n) is 21.3. The van der Waals surface area contributed by atoms with E-state index in [4.69, 9.17) is 9.47 Å². The van der Waals surface area contributed by atoms with Crippen molar-refractivity contribution in [2.75, 3.05) is 64.1 Å². The number of anilines is 1. The minimum atomic E-state index is 0.683. The van der Waals surface area contributed by atoms with Crippen LogP contribution in [0.3, 0.4) is 0 Å². The maximum absolute atomic E-state index is 5.65. The SMILES string of the molecule is CCCC(CC)N1CCN(c2ccc(CNCCOCCOCCCC(C)C)cc2)CC1. The second kappa shape index (κ2) is 16.5. The van der Waals surface area contributed by atoms with Gasteiger partial charge >= 0.3 is 0 Å². The summed E-state index contributed by atoms with van der Waals surface area (Å²) in [7, 11) is 0. The lowest BCUT2D eigenvalue weighted by atomic mass is 10.1. The van der Waals surface area contributed by atoms with Gasteiger partial charge in [-0.15, -0.1) is 0 Å². The largest absolute Gasteiger partial charge is 0.379 e. The molecule has 0 bridgehead atoms. The number of hydrogen-bond acceptors (Lipinski definition) is 5. The quantitative estimate of drug-likeness (QED) is 0.342. The number of nitrogens with one attached hydrogen (secondary N) is 1. The molecule has 1 aromatic carbocycles. The van der Waals surface area contributed by atoms with Crippen molar-refractivity contribution in [1.82, 2.24) is 10.2 Å². The molecule has 0 aliphatic carbocycles. The van der Waals surface area contributed by atoms with Crippen molar-refractivity contribution in [3.63, 3.8) is 0 Å². The van der Waals surface area contributed by atoms with E-state index in [1.54, 1.807) is 0 Å². The highest BCUT2D eigenvalue weighted by atomic mass is 16.5. The van der Waals surface area contributed by atoms with Crippen molar-refractivity contribution in [3.8, 4) is 0 Å². The zero-order valence-corrected chi connectivity index (χ0v) is 21.3. The predicted molar refractivity (Wildman–Crippen MR) is 137 cm³/mol. The summed E-state index contributed by atoms with van der Waals surface area (Å²) in [6.45, 7) is 18.5. The van der Waals surface area contributed by atoms with Crippen LogP contribution in [0.4, 0.5) is 5.69 Å². The Balaban J connectivity index is 1.53. The highest BCUT2D eigenvalue weighted by Crippen LogP contribution is 2.20. The Morgan fingerprint density at radius 3 is 2.19 bits per heavy atom. The lowest BCUT2D eigenvalue weighted by Gasteiger charge is -2.40. The molecule has 0 amide bonds.